The van der Waals surface area contributed by atoms with E-state index in [2.05, 4.69) is 14.7 Å². The lowest BCUT2D eigenvalue weighted by Gasteiger charge is -2.20. The van der Waals surface area contributed by atoms with Crippen molar-refractivity contribution in [2.75, 3.05) is 17.8 Å². The molecule has 0 aliphatic carbocycles. The minimum Gasteiger partial charge on any atom is -0.345 e. The monoisotopic (exact) mass is 524 g/mol. The number of hydrogen-bond acceptors (Lipinski definition) is 4. The number of alkyl halides is 1. The summed E-state index contributed by atoms with van der Waals surface area (Å²) in [6.07, 6.45) is 2.27. The predicted octanol–water partition coefficient (Wildman–Crippen LogP) is 5.17. The van der Waals surface area contributed by atoms with Gasteiger partial charge in [-0.1, -0.05) is 36.8 Å². The lowest BCUT2D eigenvalue weighted by molar-refractivity contribution is 0.103. The van der Waals surface area contributed by atoms with Crippen molar-refractivity contribution in [2.45, 2.75) is 32.9 Å². The maximum absolute atomic E-state index is 15.1. The van der Waals surface area contributed by atoms with Crippen LogP contribution in [0.2, 0.25) is 0 Å². The first-order chi connectivity index (χ1) is 17.7. The van der Waals surface area contributed by atoms with Crippen molar-refractivity contribution in [1.82, 2.24) is 14.3 Å². The van der Waals surface area contributed by atoms with Crippen LogP contribution in [-0.2, 0) is 16.6 Å². The van der Waals surface area contributed by atoms with Crippen LogP contribution >= 0.6 is 0 Å². The Morgan fingerprint density at radius 2 is 1.95 bits per heavy atom. The van der Waals surface area contributed by atoms with Crippen LogP contribution in [0.3, 0.4) is 0 Å². The van der Waals surface area contributed by atoms with Crippen LogP contribution in [0.25, 0.3) is 22.2 Å². The SMILES string of the molecule is CCc1c(NS(=O)(=O)N2CC[C@@H](F)C2)ccc(F)c1C(=O)c1c[nH]c2ncc(-c3ccc(C)cc3)cc12. The van der Waals surface area contributed by atoms with Gasteiger partial charge in [0.25, 0.3) is 0 Å². The number of pyridine rings is 1. The first kappa shape index (κ1) is 25.0. The van der Waals surface area contributed by atoms with Gasteiger partial charge in [-0.2, -0.15) is 12.7 Å². The molecule has 2 aromatic carbocycles. The number of aromatic nitrogens is 2. The molecule has 7 nitrogen and oxygen atoms in total. The predicted molar refractivity (Wildman–Crippen MR) is 139 cm³/mol. The van der Waals surface area contributed by atoms with Crippen LogP contribution in [0.15, 0.2) is 54.9 Å². The molecule has 1 saturated heterocycles. The summed E-state index contributed by atoms with van der Waals surface area (Å²) in [5, 5.41) is 0.529. The average molecular weight is 525 g/mol. The summed E-state index contributed by atoms with van der Waals surface area (Å²) >= 11 is 0. The second-order valence-electron chi connectivity index (χ2n) is 9.17. The fourth-order valence-electron chi connectivity index (χ4n) is 4.67. The molecule has 0 unspecified atom stereocenters. The van der Waals surface area contributed by atoms with E-state index in [0.717, 1.165) is 27.1 Å². The van der Waals surface area contributed by atoms with Crippen molar-refractivity contribution >= 4 is 32.7 Å². The van der Waals surface area contributed by atoms with Crippen LogP contribution in [0.1, 0.15) is 40.4 Å². The van der Waals surface area contributed by atoms with Crippen LogP contribution in [0, 0.1) is 12.7 Å². The molecule has 4 aromatic rings. The lowest BCUT2D eigenvalue weighted by atomic mass is 9.94. The number of rotatable bonds is 7. The van der Waals surface area contributed by atoms with Crippen molar-refractivity contribution in [3.05, 3.63) is 82.9 Å². The molecule has 5 rings (SSSR count). The normalized spacial score (nSPS) is 16.4. The highest BCUT2D eigenvalue weighted by Gasteiger charge is 2.32. The van der Waals surface area contributed by atoms with Gasteiger partial charge in [-0.05, 0) is 49.1 Å². The number of carbonyl (C=O) groups excluding carboxylic acids is 1. The van der Waals surface area contributed by atoms with E-state index in [1.165, 1.54) is 12.3 Å². The van der Waals surface area contributed by atoms with Crippen LogP contribution in [0.4, 0.5) is 14.5 Å². The topological polar surface area (TPSA) is 95.2 Å². The molecule has 0 amide bonds. The molecule has 0 bridgehead atoms. The number of carbonyl (C=O) groups is 1. The average Bonchev–Trinajstić information content (AvgIpc) is 3.51. The Morgan fingerprint density at radius 1 is 1.19 bits per heavy atom. The number of ketones is 1. The molecule has 1 aliphatic rings. The number of fused-ring (bicyclic) bond motifs is 1. The molecule has 1 atom stereocenters. The zero-order valence-corrected chi connectivity index (χ0v) is 21.2. The fraction of sp³-hybridized carbons (Fsp3) is 0.259. The van der Waals surface area contributed by atoms with Gasteiger partial charge in [0.1, 0.15) is 17.6 Å². The van der Waals surface area contributed by atoms with Crippen molar-refractivity contribution in [1.29, 1.82) is 0 Å². The number of aryl methyl sites for hydroxylation is 1. The Bertz CT molecular complexity index is 1600. The largest absolute Gasteiger partial charge is 0.345 e. The van der Waals surface area contributed by atoms with Crippen molar-refractivity contribution in [3.63, 3.8) is 0 Å². The summed E-state index contributed by atoms with van der Waals surface area (Å²) < 4.78 is 57.9. The van der Waals surface area contributed by atoms with E-state index >= 15 is 4.39 Å². The van der Waals surface area contributed by atoms with Gasteiger partial charge in [-0.3, -0.25) is 9.52 Å². The van der Waals surface area contributed by atoms with E-state index in [0.29, 0.717) is 11.0 Å². The van der Waals surface area contributed by atoms with E-state index in [-0.39, 0.29) is 48.3 Å². The van der Waals surface area contributed by atoms with Crippen LogP contribution in [-0.4, -0.2) is 47.7 Å². The number of hydrogen-bond donors (Lipinski definition) is 2. The number of aromatic amines is 1. The quantitative estimate of drug-likeness (QED) is 0.326. The highest BCUT2D eigenvalue weighted by Crippen LogP contribution is 2.31. The minimum absolute atomic E-state index is 0.0522. The molecule has 3 heterocycles. The molecule has 2 N–H and O–H groups in total. The second kappa shape index (κ2) is 9.68. The number of halogens is 2. The first-order valence-corrected chi connectivity index (χ1v) is 13.4. The first-order valence-electron chi connectivity index (χ1n) is 12.0. The number of anilines is 1. The third-order valence-electron chi connectivity index (χ3n) is 6.68. The fourth-order valence-corrected chi connectivity index (χ4v) is 5.97. The molecular weight excluding hydrogens is 498 g/mol. The Labute approximate surface area is 213 Å². The summed E-state index contributed by atoms with van der Waals surface area (Å²) in [5.74, 6) is -1.35. The zero-order valence-electron chi connectivity index (χ0n) is 20.4. The summed E-state index contributed by atoms with van der Waals surface area (Å²) in [6, 6.07) is 12.1. The molecule has 0 spiro atoms. The third kappa shape index (κ3) is 4.74. The van der Waals surface area contributed by atoms with Crippen molar-refractivity contribution < 1.29 is 22.0 Å². The van der Waals surface area contributed by atoms with E-state index in [4.69, 9.17) is 0 Å². The summed E-state index contributed by atoms with van der Waals surface area (Å²) in [7, 11) is -4.07. The van der Waals surface area contributed by atoms with Gasteiger partial charge in [-0.25, -0.2) is 13.8 Å². The lowest BCUT2D eigenvalue weighted by Crippen LogP contribution is -2.34. The zero-order chi connectivity index (χ0) is 26.3. The highest BCUT2D eigenvalue weighted by molar-refractivity contribution is 7.90. The smallest absolute Gasteiger partial charge is 0.301 e. The minimum atomic E-state index is -4.07. The van der Waals surface area contributed by atoms with Crippen molar-refractivity contribution in [2.24, 2.45) is 0 Å². The van der Waals surface area contributed by atoms with Crippen molar-refractivity contribution in [3.8, 4) is 11.1 Å². The maximum atomic E-state index is 15.1. The van der Waals surface area contributed by atoms with E-state index in [1.807, 2.05) is 37.3 Å². The molecule has 37 heavy (non-hydrogen) atoms. The number of benzene rings is 2. The molecule has 0 radical (unpaired) electrons. The molecular formula is C27H26F2N4O3S. The Balaban J connectivity index is 1.55. The van der Waals surface area contributed by atoms with Gasteiger partial charge in [0.2, 0.25) is 0 Å². The molecule has 2 aromatic heterocycles. The maximum Gasteiger partial charge on any atom is 0.301 e. The number of H-pyrrole nitrogens is 1. The highest BCUT2D eigenvalue weighted by atomic mass is 32.2. The van der Waals surface area contributed by atoms with Crippen LogP contribution < -0.4 is 4.72 Å². The Hall–Kier alpha value is -3.63. The number of nitrogens with one attached hydrogen (secondary N) is 2. The van der Waals surface area contributed by atoms with E-state index in [9.17, 15) is 17.6 Å². The molecule has 192 valence electrons. The van der Waals surface area contributed by atoms with Gasteiger partial charge in [0.15, 0.2) is 5.78 Å². The molecule has 10 heteroatoms. The van der Waals surface area contributed by atoms with Gasteiger partial charge < -0.3 is 4.98 Å². The Kier molecular flexibility index (Phi) is 6.55. The molecule has 0 saturated carbocycles. The van der Waals surface area contributed by atoms with E-state index < -0.39 is 28.0 Å². The summed E-state index contributed by atoms with van der Waals surface area (Å²) in [4.78, 5) is 21.1. The van der Waals surface area contributed by atoms with Gasteiger partial charge >= 0.3 is 10.2 Å². The molecule has 1 fully saturated rings. The van der Waals surface area contributed by atoms with Gasteiger partial charge in [-0.15, -0.1) is 0 Å². The third-order valence-corrected chi connectivity index (χ3v) is 8.16. The summed E-state index contributed by atoms with van der Waals surface area (Å²) in [5.41, 5.74) is 3.64. The van der Waals surface area contributed by atoms with E-state index in [1.54, 1.807) is 13.1 Å². The van der Waals surface area contributed by atoms with Gasteiger partial charge in [0, 0.05) is 42.0 Å². The Morgan fingerprint density at radius 3 is 2.62 bits per heavy atom. The van der Waals surface area contributed by atoms with Crippen LogP contribution in [0.5, 0.6) is 0 Å². The standard InChI is InChI=1S/C27H26F2N4O3S/c1-3-20-24(32-37(35,36)33-11-10-19(28)15-33)9-8-23(29)25(20)26(34)22-14-31-27-21(22)12-18(13-30-27)17-6-4-16(2)5-7-17/h4-9,12-14,19,32H,3,10-11,15H2,1-2H3,(H,30,31)/t19-/m1/s1. The van der Waals surface area contributed by atoms with Gasteiger partial charge in [0.05, 0.1) is 11.3 Å². The second-order valence-corrected chi connectivity index (χ2v) is 10.8. The number of nitrogens with zero attached hydrogens (tertiary/aromatic N) is 2. The molecule has 1 aliphatic heterocycles. The summed E-state index contributed by atoms with van der Waals surface area (Å²) in [6.45, 7) is 3.51.